The second kappa shape index (κ2) is 5.01. The third-order valence-electron chi connectivity index (χ3n) is 6.36. The van der Waals surface area contributed by atoms with E-state index >= 15 is 0 Å². The average Bonchev–Trinajstić information content (AvgIpc) is 3.22. The van der Waals surface area contributed by atoms with Gasteiger partial charge in [-0.15, -0.1) is 0 Å². The van der Waals surface area contributed by atoms with Crippen molar-refractivity contribution in [2.45, 2.75) is 69.9 Å². The van der Waals surface area contributed by atoms with E-state index < -0.39 is 5.60 Å². The highest BCUT2D eigenvalue weighted by molar-refractivity contribution is 5.08. The summed E-state index contributed by atoms with van der Waals surface area (Å²) in [6.07, 6.45) is 9.70. The Labute approximate surface area is 117 Å². The number of rotatable bonds is 4. The van der Waals surface area contributed by atoms with Crippen molar-refractivity contribution < 1.29 is 5.11 Å². The first-order chi connectivity index (χ1) is 9.12. The zero-order chi connectivity index (χ0) is 13.5. The summed E-state index contributed by atoms with van der Waals surface area (Å²) in [4.78, 5) is 2.52. The van der Waals surface area contributed by atoms with Gasteiger partial charge in [0.1, 0.15) is 0 Å². The standard InChI is InChI=1S/C16H30N2O/c1-2-13-5-7-15(11-17,8-6-13)16(19)9-10-18(12-16)14-3-4-14/h13-14,19H,2-12,17H2,1H3. The maximum atomic E-state index is 11.3. The van der Waals surface area contributed by atoms with E-state index in [2.05, 4.69) is 11.8 Å². The van der Waals surface area contributed by atoms with Crippen LogP contribution in [-0.2, 0) is 0 Å². The Kier molecular flexibility index (Phi) is 3.65. The summed E-state index contributed by atoms with van der Waals surface area (Å²) >= 11 is 0. The minimum atomic E-state index is -0.511. The number of likely N-dealkylation sites (tertiary alicyclic amines) is 1. The quantitative estimate of drug-likeness (QED) is 0.819. The second-order valence-corrected chi connectivity index (χ2v) is 7.32. The summed E-state index contributed by atoms with van der Waals surface area (Å²) in [5.74, 6) is 0.865. The summed E-state index contributed by atoms with van der Waals surface area (Å²) in [5, 5.41) is 11.3. The number of aliphatic hydroxyl groups is 1. The van der Waals surface area contributed by atoms with Gasteiger partial charge in [-0.1, -0.05) is 13.3 Å². The first kappa shape index (κ1) is 13.8. The highest BCUT2D eigenvalue weighted by Gasteiger charge is 2.55. The molecule has 0 bridgehead atoms. The molecule has 1 heterocycles. The van der Waals surface area contributed by atoms with Gasteiger partial charge in [0.2, 0.25) is 0 Å². The van der Waals surface area contributed by atoms with Crippen LogP contribution in [0.25, 0.3) is 0 Å². The molecule has 3 heteroatoms. The number of nitrogens with two attached hydrogens (primary N) is 1. The number of hydrogen-bond acceptors (Lipinski definition) is 3. The van der Waals surface area contributed by atoms with E-state index in [1.165, 1.54) is 32.1 Å². The molecular formula is C16H30N2O. The molecule has 3 aliphatic rings. The third kappa shape index (κ3) is 2.34. The van der Waals surface area contributed by atoms with E-state index in [4.69, 9.17) is 5.73 Å². The maximum absolute atomic E-state index is 11.3. The molecule has 3 rings (SSSR count). The van der Waals surface area contributed by atoms with Gasteiger partial charge in [-0.25, -0.2) is 0 Å². The monoisotopic (exact) mass is 266 g/mol. The Bertz CT molecular complexity index is 321. The van der Waals surface area contributed by atoms with Crippen LogP contribution in [-0.4, -0.2) is 41.3 Å². The molecule has 1 saturated heterocycles. The topological polar surface area (TPSA) is 49.5 Å². The van der Waals surface area contributed by atoms with Crippen LogP contribution in [0.1, 0.15) is 58.3 Å². The van der Waals surface area contributed by atoms with E-state index in [0.29, 0.717) is 6.54 Å². The van der Waals surface area contributed by atoms with E-state index in [9.17, 15) is 5.11 Å². The lowest BCUT2D eigenvalue weighted by molar-refractivity contribution is -0.0965. The summed E-state index contributed by atoms with van der Waals surface area (Å²) in [5.41, 5.74) is 5.64. The predicted octanol–water partition coefficient (Wildman–Crippen LogP) is 2.13. The van der Waals surface area contributed by atoms with Crippen molar-refractivity contribution in [2.75, 3.05) is 19.6 Å². The fourth-order valence-corrected chi connectivity index (χ4v) is 4.50. The van der Waals surface area contributed by atoms with E-state index in [0.717, 1.165) is 44.3 Å². The Morgan fingerprint density at radius 1 is 1.16 bits per heavy atom. The maximum Gasteiger partial charge on any atom is 0.0854 e. The molecule has 2 saturated carbocycles. The number of nitrogens with zero attached hydrogens (tertiary/aromatic N) is 1. The lowest BCUT2D eigenvalue weighted by Crippen LogP contribution is -2.55. The molecule has 3 nitrogen and oxygen atoms in total. The molecule has 1 atom stereocenters. The normalized spacial score (nSPS) is 44.7. The zero-order valence-electron chi connectivity index (χ0n) is 12.4. The number of hydrogen-bond donors (Lipinski definition) is 2. The SMILES string of the molecule is CCC1CCC(CN)(C2(O)CCN(C3CC3)C2)CC1. The molecule has 0 radical (unpaired) electrons. The van der Waals surface area contributed by atoms with Crippen LogP contribution in [0.2, 0.25) is 0 Å². The van der Waals surface area contributed by atoms with Crippen LogP contribution in [0.15, 0.2) is 0 Å². The van der Waals surface area contributed by atoms with Crippen LogP contribution in [0.4, 0.5) is 0 Å². The fraction of sp³-hybridized carbons (Fsp3) is 1.00. The van der Waals surface area contributed by atoms with E-state index in [1.807, 2.05) is 0 Å². The van der Waals surface area contributed by atoms with Crippen molar-refractivity contribution in [1.82, 2.24) is 4.90 Å². The first-order valence-electron chi connectivity index (χ1n) is 8.29. The Morgan fingerprint density at radius 2 is 1.84 bits per heavy atom. The molecular weight excluding hydrogens is 236 g/mol. The summed E-state index contributed by atoms with van der Waals surface area (Å²) in [6, 6.07) is 0.774. The molecule has 1 unspecified atom stereocenters. The molecule has 110 valence electrons. The lowest BCUT2D eigenvalue weighted by atomic mass is 9.60. The van der Waals surface area contributed by atoms with Crippen LogP contribution < -0.4 is 5.73 Å². The molecule has 0 amide bonds. The van der Waals surface area contributed by atoms with Crippen molar-refractivity contribution in [2.24, 2.45) is 17.1 Å². The van der Waals surface area contributed by atoms with Crippen LogP contribution >= 0.6 is 0 Å². The minimum Gasteiger partial charge on any atom is -0.388 e. The molecule has 0 aromatic carbocycles. The predicted molar refractivity (Wildman–Crippen MR) is 77.9 cm³/mol. The highest BCUT2D eigenvalue weighted by atomic mass is 16.3. The highest BCUT2D eigenvalue weighted by Crippen LogP contribution is 2.51. The van der Waals surface area contributed by atoms with E-state index in [1.54, 1.807) is 0 Å². The second-order valence-electron chi connectivity index (χ2n) is 7.32. The molecule has 3 N–H and O–H groups in total. The Hall–Kier alpha value is -0.120. The van der Waals surface area contributed by atoms with Crippen molar-refractivity contribution in [3.63, 3.8) is 0 Å². The average molecular weight is 266 g/mol. The van der Waals surface area contributed by atoms with Gasteiger partial charge in [0.15, 0.2) is 0 Å². The molecule has 19 heavy (non-hydrogen) atoms. The Morgan fingerprint density at radius 3 is 2.37 bits per heavy atom. The third-order valence-corrected chi connectivity index (χ3v) is 6.36. The summed E-state index contributed by atoms with van der Waals surface area (Å²) in [6.45, 7) is 4.92. The van der Waals surface area contributed by atoms with Gasteiger partial charge < -0.3 is 10.8 Å². The largest absolute Gasteiger partial charge is 0.388 e. The zero-order valence-corrected chi connectivity index (χ0v) is 12.4. The molecule has 0 spiro atoms. The van der Waals surface area contributed by atoms with Crippen LogP contribution in [0.5, 0.6) is 0 Å². The summed E-state index contributed by atoms with van der Waals surface area (Å²) < 4.78 is 0. The van der Waals surface area contributed by atoms with Crippen molar-refractivity contribution in [3.05, 3.63) is 0 Å². The van der Waals surface area contributed by atoms with Gasteiger partial charge in [0, 0.05) is 31.1 Å². The van der Waals surface area contributed by atoms with Crippen molar-refractivity contribution >= 4 is 0 Å². The van der Waals surface area contributed by atoms with Gasteiger partial charge in [0.25, 0.3) is 0 Å². The van der Waals surface area contributed by atoms with Crippen LogP contribution in [0.3, 0.4) is 0 Å². The van der Waals surface area contributed by atoms with Crippen molar-refractivity contribution in [1.29, 1.82) is 0 Å². The fourth-order valence-electron chi connectivity index (χ4n) is 4.50. The first-order valence-corrected chi connectivity index (χ1v) is 8.29. The van der Waals surface area contributed by atoms with Gasteiger partial charge in [-0.05, 0) is 50.9 Å². The Balaban J connectivity index is 1.70. The molecule has 0 aromatic heterocycles. The number of β-amino-alcohol motifs (C(OH)–C–C–N with tert-alkyl or cyclic N) is 1. The minimum absolute atomic E-state index is 0.00229. The molecule has 2 aliphatic carbocycles. The van der Waals surface area contributed by atoms with Gasteiger partial charge in [0.05, 0.1) is 5.60 Å². The smallest absolute Gasteiger partial charge is 0.0854 e. The van der Waals surface area contributed by atoms with Gasteiger partial charge in [-0.3, -0.25) is 4.90 Å². The summed E-state index contributed by atoms with van der Waals surface area (Å²) in [7, 11) is 0. The molecule has 1 aliphatic heterocycles. The molecule has 0 aromatic rings. The van der Waals surface area contributed by atoms with Gasteiger partial charge >= 0.3 is 0 Å². The van der Waals surface area contributed by atoms with E-state index in [-0.39, 0.29) is 5.41 Å². The van der Waals surface area contributed by atoms with Crippen LogP contribution in [0, 0.1) is 11.3 Å². The van der Waals surface area contributed by atoms with Crippen molar-refractivity contribution in [3.8, 4) is 0 Å². The lowest BCUT2D eigenvalue weighted by Gasteiger charge is -2.49. The molecule has 3 fully saturated rings. The van der Waals surface area contributed by atoms with Gasteiger partial charge in [-0.2, -0.15) is 0 Å².